The molecule has 0 radical (unpaired) electrons. The highest BCUT2D eigenvalue weighted by atomic mass is 79.9. The topological polar surface area (TPSA) is 47.6 Å². The lowest BCUT2D eigenvalue weighted by Crippen LogP contribution is -2.32. The monoisotopic (exact) mass is 327 g/mol. The number of rotatable bonds is 4. The second-order valence-electron chi connectivity index (χ2n) is 4.51. The van der Waals surface area contributed by atoms with Crippen molar-refractivity contribution in [2.45, 2.75) is 31.1 Å². The molecular weight excluding hydrogens is 310 g/mol. The van der Waals surface area contributed by atoms with Crippen molar-refractivity contribution in [3.63, 3.8) is 0 Å². The molecule has 1 aromatic carbocycles. The third-order valence-electron chi connectivity index (χ3n) is 3.07. The Morgan fingerprint density at radius 1 is 1.37 bits per heavy atom. The molecule has 0 saturated carbocycles. The highest BCUT2D eigenvalue weighted by molar-refractivity contribution is 9.10. The first-order valence-corrected chi connectivity index (χ1v) is 7.37. The molecule has 19 heavy (non-hydrogen) atoms. The molecule has 2 unspecified atom stereocenters. The Hall–Kier alpha value is -1.23. The predicted molar refractivity (Wildman–Crippen MR) is 77.0 cm³/mol. The number of ether oxygens (including phenoxy) is 2. The van der Waals surface area contributed by atoms with Gasteiger partial charge in [0.05, 0.1) is 10.9 Å². The third kappa shape index (κ3) is 3.41. The average Bonchev–Trinajstić information content (AvgIpc) is 2.45. The van der Waals surface area contributed by atoms with E-state index in [1.54, 1.807) is 0 Å². The summed E-state index contributed by atoms with van der Waals surface area (Å²) in [4.78, 5) is 11.7. The maximum Gasteiger partial charge on any atom is 0.234 e. The third-order valence-corrected chi connectivity index (χ3v) is 4.13. The second kappa shape index (κ2) is 6.28. The van der Waals surface area contributed by atoms with Gasteiger partial charge in [-0.2, -0.15) is 0 Å². The number of hydrogen-bond donors (Lipinski definition) is 1. The number of alkyl halides is 1. The van der Waals surface area contributed by atoms with E-state index < -0.39 is 0 Å². The Morgan fingerprint density at radius 3 is 2.74 bits per heavy atom. The maximum absolute atomic E-state index is 11.8. The van der Waals surface area contributed by atoms with Gasteiger partial charge in [0.2, 0.25) is 5.91 Å². The van der Waals surface area contributed by atoms with Gasteiger partial charge in [0.25, 0.3) is 0 Å². The van der Waals surface area contributed by atoms with E-state index in [1.165, 1.54) is 0 Å². The number of nitrogens with one attached hydrogen (secondary N) is 1. The van der Waals surface area contributed by atoms with Crippen molar-refractivity contribution >= 4 is 21.8 Å². The lowest BCUT2D eigenvalue weighted by atomic mass is 10.1. The van der Waals surface area contributed by atoms with Crippen LogP contribution >= 0.6 is 15.9 Å². The van der Waals surface area contributed by atoms with Gasteiger partial charge in [-0.25, -0.2) is 0 Å². The number of hydrogen-bond acceptors (Lipinski definition) is 3. The Morgan fingerprint density at radius 2 is 2.05 bits per heavy atom. The first kappa shape index (κ1) is 14.2. The van der Waals surface area contributed by atoms with Crippen molar-refractivity contribution in [1.82, 2.24) is 5.32 Å². The van der Waals surface area contributed by atoms with E-state index in [2.05, 4.69) is 21.2 Å². The SMILES string of the molecule is CCC(Br)C(=O)NC(C)c1ccc2c(c1)OCCO2. The molecule has 2 atom stereocenters. The van der Waals surface area contributed by atoms with Gasteiger partial charge in [-0.3, -0.25) is 4.79 Å². The van der Waals surface area contributed by atoms with Crippen molar-refractivity contribution in [3.8, 4) is 11.5 Å². The highest BCUT2D eigenvalue weighted by Crippen LogP contribution is 2.32. The van der Waals surface area contributed by atoms with E-state index >= 15 is 0 Å². The Bertz CT molecular complexity index is 464. The van der Waals surface area contributed by atoms with Gasteiger partial charge in [0.15, 0.2) is 11.5 Å². The van der Waals surface area contributed by atoms with Crippen LogP contribution in [0.15, 0.2) is 18.2 Å². The van der Waals surface area contributed by atoms with Crippen LogP contribution in [-0.2, 0) is 4.79 Å². The molecule has 0 spiro atoms. The molecule has 1 aliphatic rings. The molecule has 0 bridgehead atoms. The van der Waals surface area contributed by atoms with Crippen LogP contribution in [0.1, 0.15) is 31.9 Å². The lowest BCUT2D eigenvalue weighted by Gasteiger charge is -2.21. The first-order chi connectivity index (χ1) is 9.11. The van der Waals surface area contributed by atoms with Crippen LogP contribution in [0.3, 0.4) is 0 Å². The van der Waals surface area contributed by atoms with E-state index in [0.29, 0.717) is 13.2 Å². The van der Waals surface area contributed by atoms with E-state index in [4.69, 9.17) is 9.47 Å². The van der Waals surface area contributed by atoms with Crippen LogP contribution in [-0.4, -0.2) is 23.9 Å². The van der Waals surface area contributed by atoms with Crippen LogP contribution < -0.4 is 14.8 Å². The summed E-state index contributed by atoms with van der Waals surface area (Å²) in [6.07, 6.45) is 0.764. The Kier molecular flexibility index (Phi) is 4.69. The minimum absolute atomic E-state index is 0.00453. The zero-order chi connectivity index (χ0) is 13.8. The van der Waals surface area contributed by atoms with Crippen LogP contribution in [0.4, 0.5) is 0 Å². The minimum Gasteiger partial charge on any atom is -0.486 e. The normalized spacial score (nSPS) is 16.6. The fourth-order valence-corrected chi connectivity index (χ4v) is 2.03. The Balaban J connectivity index is 2.07. The van der Waals surface area contributed by atoms with E-state index in [9.17, 15) is 4.79 Å². The van der Waals surface area contributed by atoms with Gasteiger partial charge in [-0.1, -0.05) is 28.9 Å². The highest BCUT2D eigenvalue weighted by Gasteiger charge is 2.18. The minimum atomic E-state index is -0.146. The zero-order valence-corrected chi connectivity index (χ0v) is 12.7. The number of carbonyl (C=O) groups is 1. The van der Waals surface area contributed by atoms with Crippen LogP contribution in [0.2, 0.25) is 0 Å². The molecule has 0 fully saturated rings. The van der Waals surface area contributed by atoms with Crippen molar-refractivity contribution in [1.29, 1.82) is 0 Å². The lowest BCUT2D eigenvalue weighted by molar-refractivity contribution is -0.121. The molecule has 1 heterocycles. The molecule has 1 aromatic rings. The summed E-state index contributed by atoms with van der Waals surface area (Å²) in [6, 6.07) is 5.70. The summed E-state index contributed by atoms with van der Waals surface area (Å²) in [7, 11) is 0. The van der Waals surface area contributed by atoms with Crippen LogP contribution in [0.5, 0.6) is 11.5 Å². The van der Waals surface area contributed by atoms with Gasteiger partial charge in [0.1, 0.15) is 13.2 Å². The smallest absolute Gasteiger partial charge is 0.234 e. The molecule has 0 saturated heterocycles. The molecule has 1 aliphatic heterocycles. The maximum atomic E-state index is 11.8. The van der Waals surface area contributed by atoms with Gasteiger partial charge in [-0.05, 0) is 31.0 Å². The number of halogens is 1. The van der Waals surface area contributed by atoms with Crippen molar-refractivity contribution in [3.05, 3.63) is 23.8 Å². The predicted octanol–water partition coefficient (Wildman–Crippen LogP) is 2.81. The summed E-state index contributed by atoms with van der Waals surface area (Å²) < 4.78 is 11.0. The molecule has 1 amide bonds. The molecule has 5 heteroatoms. The van der Waals surface area contributed by atoms with Crippen LogP contribution in [0, 0.1) is 0 Å². The fourth-order valence-electron chi connectivity index (χ4n) is 1.90. The Labute approximate surface area is 121 Å². The van der Waals surface area contributed by atoms with Crippen molar-refractivity contribution in [2.75, 3.05) is 13.2 Å². The quantitative estimate of drug-likeness (QED) is 0.865. The number of carbonyl (C=O) groups excluding carboxylic acids is 1. The molecular formula is C14H18BrNO3. The number of amides is 1. The van der Waals surface area contributed by atoms with Gasteiger partial charge >= 0.3 is 0 Å². The molecule has 0 aliphatic carbocycles. The fraction of sp³-hybridized carbons (Fsp3) is 0.500. The largest absolute Gasteiger partial charge is 0.486 e. The summed E-state index contributed by atoms with van der Waals surface area (Å²) >= 11 is 3.35. The van der Waals surface area contributed by atoms with Crippen molar-refractivity contribution in [2.24, 2.45) is 0 Å². The zero-order valence-electron chi connectivity index (χ0n) is 11.1. The second-order valence-corrected chi connectivity index (χ2v) is 5.61. The molecule has 4 nitrogen and oxygen atoms in total. The van der Waals surface area contributed by atoms with Gasteiger partial charge in [0, 0.05) is 0 Å². The summed E-state index contributed by atoms with van der Waals surface area (Å²) in [5, 5.41) is 2.97. The first-order valence-electron chi connectivity index (χ1n) is 6.45. The van der Waals surface area contributed by atoms with Gasteiger partial charge < -0.3 is 14.8 Å². The molecule has 1 N–H and O–H groups in total. The number of benzene rings is 1. The molecule has 104 valence electrons. The van der Waals surface area contributed by atoms with E-state index in [-0.39, 0.29) is 16.8 Å². The van der Waals surface area contributed by atoms with E-state index in [0.717, 1.165) is 23.5 Å². The summed E-state index contributed by atoms with van der Waals surface area (Å²) in [6.45, 7) is 5.07. The van der Waals surface area contributed by atoms with E-state index in [1.807, 2.05) is 32.0 Å². The number of fused-ring (bicyclic) bond motifs is 1. The summed E-state index contributed by atoms with van der Waals surface area (Å²) in [5.74, 6) is 1.51. The van der Waals surface area contributed by atoms with Crippen molar-refractivity contribution < 1.29 is 14.3 Å². The standard InChI is InChI=1S/C14H18BrNO3/c1-3-11(15)14(17)16-9(2)10-4-5-12-13(8-10)19-7-6-18-12/h4-5,8-9,11H,3,6-7H2,1-2H3,(H,16,17). The molecule has 2 rings (SSSR count). The van der Waals surface area contributed by atoms with Gasteiger partial charge in [-0.15, -0.1) is 0 Å². The summed E-state index contributed by atoms with van der Waals surface area (Å²) in [5.41, 5.74) is 1.01. The van der Waals surface area contributed by atoms with Crippen LogP contribution in [0.25, 0.3) is 0 Å². The molecule has 0 aromatic heterocycles. The average molecular weight is 328 g/mol.